The Kier molecular flexibility index (Phi) is 5.62. The van der Waals surface area contributed by atoms with Gasteiger partial charge in [0, 0.05) is 28.1 Å². The molecule has 3 aromatic heterocycles. The summed E-state index contributed by atoms with van der Waals surface area (Å²) in [7, 11) is 0. The Hall–Kier alpha value is -3.89. The lowest BCUT2D eigenvalue weighted by Gasteiger charge is -2.11. The van der Waals surface area contributed by atoms with E-state index in [0.717, 1.165) is 53.0 Å². The van der Waals surface area contributed by atoms with E-state index >= 15 is 0 Å². The van der Waals surface area contributed by atoms with E-state index < -0.39 is 4.92 Å². The fourth-order valence-corrected chi connectivity index (χ4v) is 6.86. The van der Waals surface area contributed by atoms with Crippen molar-refractivity contribution in [2.45, 2.75) is 32.6 Å². The van der Waals surface area contributed by atoms with Gasteiger partial charge in [-0.25, -0.2) is 4.98 Å². The number of aromatic nitrogens is 3. The Morgan fingerprint density at radius 1 is 1.06 bits per heavy atom. The largest absolute Gasteiger partial charge is 0.284 e. The van der Waals surface area contributed by atoms with Crippen LogP contribution in [0.3, 0.4) is 0 Å². The molecule has 0 unspecified atom stereocenters. The third-order valence-corrected chi connectivity index (χ3v) is 8.41. The number of non-ortho nitro benzene ring substituents is 1. The van der Waals surface area contributed by atoms with Gasteiger partial charge in [0.05, 0.1) is 16.0 Å². The zero-order valence-electron chi connectivity index (χ0n) is 19.4. The minimum Gasteiger partial charge on any atom is -0.284 e. The highest BCUT2D eigenvalue weighted by Gasteiger charge is 2.21. The molecule has 10 heteroatoms. The maximum atomic E-state index is 13.7. The summed E-state index contributed by atoms with van der Waals surface area (Å²) in [5, 5.41) is 18.6. The lowest BCUT2D eigenvalue weighted by molar-refractivity contribution is -0.384. The highest BCUT2D eigenvalue weighted by molar-refractivity contribution is 7.18. The molecule has 0 atom stereocenters. The van der Waals surface area contributed by atoms with E-state index in [4.69, 9.17) is 10.1 Å². The van der Waals surface area contributed by atoms with Gasteiger partial charge in [-0.05, 0) is 68.0 Å². The summed E-state index contributed by atoms with van der Waals surface area (Å²) in [5.74, 6) is 0.538. The minimum atomic E-state index is -0.412. The molecule has 0 aliphatic heterocycles. The highest BCUT2D eigenvalue weighted by Crippen LogP contribution is 2.33. The molecule has 2 aromatic carbocycles. The van der Waals surface area contributed by atoms with Gasteiger partial charge in [0.2, 0.25) is 4.80 Å². The lowest BCUT2D eigenvalue weighted by Crippen LogP contribution is -2.25. The molecule has 5 aromatic rings. The number of para-hydroxylation sites is 1. The minimum absolute atomic E-state index is 0.0331. The molecule has 180 valence electrons. The van der Waals surface area contributed by atoms with Crippen LogP contribution in [0.15, 0.2) is 69.9 Å². The van der Waals surface area contributed by atoms with Crippen LogP contribution in [-0.4, -0.2) is 19.2 Å². The molecule has 0 radical (unpaired) electrons. The molecule has 36 heavy (non-hydrogen) atoms. The van der Waals surface area contributed by atoms with Crippen LogP contribution < -0.4 is 10.4 Å². The number of nitro benzene ring substituents is 1. The number of thiazole rings is 1. The van der Waals surface area contributed by atoms with E-state index in [1.807, 2.05) is 40.3 Å². The predicted octanol–water partition coefficient (Wildman–Crippen LogP) is 5.44. The summed E-state index contributed by atoms with van der Waals surface area (Å²) >= 11 is 3.03. The maximum absolute atomic E-state index is 13.7. The van der Waals surface area contributed by atoms with Crippen molar-refractivity contribution in [1.82, 2.24) is 14.2 Å². The van der Waals surface area contributed by atoms with Crippen molar-refractivity contribution >= 4 is 38.6 Å². The average Bonchev–Trinajstić information content (AvgIpc) is 3.48. The van der Waals surface area contributed by atoms with E-state index in [1.165, 1.54) is 33.0 Å². The first-order valence-corrected chi connectivity index (χ1v) is 13.3. The van der Waals surface area contributed by atoms with Gasteiger partial charge in [-0.2, -0.15) is 4.68 Å². The summed E-state index contributed by atoms with van der Waals surface area (Å²) in [5.41, 5.74) is 3.54. The third kappa shape index (κ3) is 3.78. The van der Waals surface area contributed by atoms with E-state index in [2.05, 4.69) is 0 Å². The van der Waals surface area contributed by atoms with Gasteiger partial charge in [0.25, 0.3) is 11.2 Å². The molecule has 0 amide bonds. The van der Waals surface area contributed by atoms with E-state index in [0.29, 0.717) is 16.0 Å². The fourth-order valence-electron chi connectivity index (χ4n) is 4.66. The second-order valence-electron chi connectivity index (χ2n) is 8.65. The summed E-state index contributed by atoms with van der Waals surface area (Å²) in [6.07, 6.45) is 4.14. The fraction of sp³-hybridized carbons (Fsp3) is 0.192. The number of hydrogen-bond donors (Lipinski definition) is 0. The molecular weight excluding hydrogens is 494 g/mol. The average molecular weight is 516 g/mol. The Morgan fingerprint density at radius 3 is 2.56 bits per heavy atom. The number of rotatable bonds is 4. The summed E-state index contributed by atoms with van der Waals surface area (Å²) < 4.78 is 3.37. The van der Waals surface area contributed by atoms with E-state index in [-0.39, 0.29) is 11.2 Å². The topological polar surface area (TPSA) is 95.3 Å². The van der Waals surface area contributed by atoms with Crippen LogP contribution in [0.25, 0.3) is 27.2 Å². The number of thiophene rings is 1. The standard InChI is InChI=1S/C26H21N5O3S2/c1-16-27-24-23(20-9-5-6-10-22(20)36-24)25(32)30(16)28-26-29(18-7-3-2-4-8-18)21(15-35-26)17-11-13-19(14-12-17)31(33)34/h2-4,7-8,11-15H,5-6,9-10H2,1H3/b28-26-. The molecule has 0 saturated heterocycles. The third-order valence-electron chi connectivity index (χ3n) is 6.41. The second kappa shape index (κ2) is 8.96. The quantitative estimate of drug-likeness (QED) is 0.235. The van der Waals surface area contributed by atoms with Crippen LogP contribution in [0.1, 0.15) is 29.1 Å². The number of nitrogens with zero attached hydrogens (tertiary/aromatic N) is 5. The molecule has 0 saturated carbocycles. The zero-order chi connectivity index (χ0) is 24.8. The number of hydrogen-bond acceptors (Lipinski definition) is 7. The van der Waals surface area contributed by atoms with Gasteiger partial charge in [-0.15, -0.1) is 27.8 Å². The van der Waals surface area contributed by atoms with Crippen LogP contribution in [0, 0.1) is 17.0 Å². The molecule has 6 rings (SSSR count). The van der Waals surface area contributed by atoms with Gasteiger partial charge in [-0.3, -0.25) is 19.5 Å². The predicted molar refractivity (Wildman–Crippen MR) is 142 cm³/mol. The number of benzene rings is 2. The first-order valence-electron chi connectivity index (χ1n) is 11.6. The lowest BCUT2D eigenvalue weighted by atomic mass is 9.97. The Bertz CT molecular complexity index is 1740. The van der Waals surface area contributed by atoms with Crippen LogP contribution in [0.5, 0.6) is 0 Å². The zero-order valence-corrected chi connectivity index (χ0v) is 21.0. The number of fused-ring (bicyclic) bond motifs is 3. The first kappa shape index (κ1) is 22.6. The van der Waals surface area contributed by atoms with Gasteiger partial charge in [0.1, 0.15) is 10.7 Å². The van der Waals surface area contributed by atoms with Crippen LogP contribution in [0.4, 0.5) is 5.69 Å². The smallest absolute Gasteiger partial charge is 0.283 e. The Morgan fingerprint density at radius 2 is 1.81 bits per heavy atom. The van der Waals surface area contributed by atoms with Crippen LogP contribution in [0.2, 0.25) is 0 Å². The molecule has 0 fully saturated rings. The van der Waals surface area contributed by atoms with E-state index in [9.17, 15) is 14.9 Å². The summed E-state index contributed by atoms with van der Waals surface area (Å²) in [4.78, 5) is 31.8. The first-order chi connectivity index (χ1) is 17.5. The normalized spacial score (nSPS) is 13.8. The summed E-state index contributed by atoms with van der Waals surface area (Å²) in [6, 6.07) is 16.2. The number of aryl methyl sites for hydroxylation is 3. The molecule has 8 nitrogen and oxygen atoms in total. The summed E-state index contributed by atoms with van der Waals surface area (Å²) in [6.45, 7) is 1.81. The van der Waals surface area contributed by atoms with E-state index in [1.54, 1.807) is 30.4 Å². The highest BCUT2D eigenvalue weighted by atomic mass is 32.1. The van der Waals surface area contributed by atoms with Crippen molar-refractivity contribution in [2.24, 2.45) is 5.10 Å². The Balaban J connectivity index is 1.58. The van der Waals surface area contributed by atoms with Crippen LogP contribution in [-0.2, 0) is 12.8 Å². The molecule has 1 aliphatic carbocycles. The maximum Gasteiger partial charge on any atom is 0.283 e. The van der Waals surface area contributed by atoms with Crippen molar-refractivity contribution in [3.8, 4) is 16.9 Å². The molecule has 0 bridgehead atoms. The molecule has 0 spiro atoms. The van der Waals surface area contributed by atoms with Crippen molar-refractivity contribution in [2.75, 3.05) is 0 Å². The molecular formula is C26H21N5O3S2. The molecule has 0 N–H and O–H groups in total. The monoisotopic (exact) mass is 515 g/mol. The van der Waals surface area contributed by atoms with Crippen molar-refractivity contribution < 1.29 is 4.92 Å². The second-order valence-corrected chi connectivity index (χ2v) is 10.6. The molecule has 3 heterocycles. The molecule has 1 aliphatic rings. The van der Waals surface area contributed by atoms with Gasteiger partial charge in [-0.1, -0.05) is 18.2 Å². The van der Waals surface area contributed by atoms with Gasteiger partial charge < -0.3 is 0 Å². The van der Waals surface area contributed by atoms with Crippen molar-refractivity contribution in [3.05, 3.63) is 102 Å². The number of nitro groups is 1. The van der Waals surface area contributed by atoms with Gasteiger partial charge in [0.15, 0.2) is 0 Å². The van der Waals surface area contributed by atoms with Crippen molar-refractivity contribution in [3.63, 3.8) is 0 Å². The van der Waals surface area contributed by atoms with Crippen molar-refractivity contribution in [1.29, 1.82) is 0 Å². The Labute approximate surface area is 213 Å². The van der Waals surface area contributed by atoms with Crippen LogP contribution >= 0.6 is 22.7 Å². The van der Waals surface area contributed by atoms with Gasteiger partial charge >= 0.3 is 0 Å². The SMILES string of the molecule is Cc1nc2sc3c(c2c(=O)n1/N=c1\scc(-c2ccc([N+](=O)[O-])cc2)n1-c1ccccc1)CCCC3.